The van der Waals surface area contributed by atoms with Gasteiger partial charge in [0.25, 0.3) is 0 Å². The van der Waals surface area contributed by atoms with E-state index < -0.39 is 5.41 Å². The van der Waals surface area contributed by atoms with Gasteiger partial charge in [0, 0.05) is 37.8 Å². The normalized spacial score (nSPS) is 18.8. The van der Waals surface area contributed by atoms with Crippen molar-refractivity contribution in [3.05, 3.63) is 76.1 Å². The summed E-state index contributed by atoms with van der Waals surface area (Å²) in [5.74, 6) is 3.60. The summed E-state index contributed by atoms with van der Waals surface area (Å²) >= 11 is 12.2. The van der Waals surface area contributed by atoms with Crippen LogP contribution in [-0.2, 0) is 12.0 Å². The molecule has 2 aliphatic heterocycles. The second kappa shape index (κ2) is 11.4. The number of hydrogen-bond acceptors (Lipinski definition) is 7. The zero-order valence-electron chi connectivity index (χ0n) is 21.6. The van der Waals surface area contributed by atoms with E-state index in [0.29, 0.717) is 40.7 Å². The lowest BCUT2D eigenvalue weighted by Gasteiger charge is -2.27. The number of nitrogens with zero attached hydrogens (tertiary/aromatic N) is 4. The van der Waals surface area contributed by atoms with Gasteiger partial charge in [0.2, 0.25) is 5.95 Å². The maximum absolute atomic E-state index is 9.66. The number of rotatable bonds is 9. The molecule has 7 nitrogen and oxygen atoms in total. The van der Waals surface area contributed by atoms with Crippen LogP contribution in [0.1, 0.15) is 36.2 Å². The highest BCUT2D eigenvalue weighted by Crippen LogP contribution is 2.38. The molecular formula is C29H31Cl2N5O2. The number of nitrogens with one attached hydrogen (secondary N) is 1. The van der Waals surface area contributed by atoms with Crippen molar-refractivity contribution in [1.29, 1.82) is 5.26 Å². The Balaban J connectivity index is 1.25. The third-order valence-corrected chi connectivity index (χ3v) is 7.98. The summed E-state index contributed by atoms with van der Waals surface area (Å²) in [5.41, 5.74) is 2.83. The fourth-order valence-corrected chi connectivity index (χ4v) is 5.60. The first kappa shape index (κ1) is 26.6. The summed E-state index contributed by atoms with van der Waals surface area (Å²) in [6.07, 6.45) is 1.81. The maximum Gasteiger partial charge on any atom is 0.225 e. The largest absolute Gasteiger partial charge is 0.489 e. The molecule has 0 bridgehead atoms. The highest BCUT2D eigenvalue weighted by atomic mass is 35.5. The van der Waals surface area contributed by atoms with Crippen LogP contribution in [0.3, 0.4) is 0 Å². The summed E-state index contributed by atoms with van der Waals surface area (Å²) in [7, 11) is 0. The van der Waals surface area contributed by atoms with Crippen LogP contribution in [0.25, 0.3) is 0 Å². The third-order valence-electron chi connectivity index (χ3n) is 7.54. The van der Waals surface area contributed by atoms with Crippen LogP contribution in [0.4, 0.5) is 5.95 Å². The van der Waals surface area contributed by atoms with E-state index in [1.54, 1.807) is 0 Å². The predicted octanol–water partition coefficient (Wildman–Crippen LogP) is 5.18. The molecule has 0 radical (unpaired) electrons. The molecule has 1 aromatic heterocycles. The molecule has 2 aromatic carbocycles. The Morgan fingerprint density at radius 1 is 1.08 bits per heavy atom. The van der Waals surface area contributed by atoms with Gasteiger partial charge < -0.3 is 19.7 Å². The lowest BCUT2D eigenvalue weighted by Crippen LogP contribution is -2.27. The van der Waals surface area contributed by atoms with Gasteiger partial charge in [-0.15, -0.1) is 11.6 Å². The number of benzene rings is 2. The lowest BCUT2D eigenvalue weighted by molar-refractivity contribution is 0.301. The molecule has 38 heavy (non-hydrogen) atoms. The van der Waals surface area contributed by atoms with Crippen molar-refractivity contribution < 1.29 is 9.47 Å². The Kier molecular flexibility index (Phi) is 7.94. The second-order valence-electron chi connectivity index (χ2n) is 10.4. The summed E-state index contributed by atoms with van der Waals surface area (Å²) in [6, 6.07) is 15.8. The third kappa shape index (κ3) is 5.54. The van der Waals surface area contributed by atoms with Crippen molar-refractivity contribution >= 4 is 29.2 Å². The number of fused-ring (bicyclic) bond motifs is 1. The summed E-state index contributed by atoms with van der Waals surface area (Å²) in [4.78, 5) is 11.6. The molecule has 2 atom stereocenters. The highest BCUT2D eigenvalue weighted by molar-refractivity contribution is 6.32. The molecule has 0 aliphatic carbocycles. The van der Waals surface area contributed by atoms with Crippen molar-refractivity contribution in [2.75, 3.05) is 43.6 Å². The molecular weight excluding hydrogens is 521 g/mol. The van der Waals surface area contributed by atoms with Crippen LogP contribution < -0.4 is 19.7 Å². The van der Waals surface area contributed by atoms with Crippen LogP contribution in [-0.4, -0.2) is 48.6 Å². The number of halogens is 2. The van der Waals surface area contributed by atoms with E-state index in [1.165, 1.54) is 0 Å². The van der Waals surface area contributed by atoms with Crippen LogP contribution in [0, 0.1) is 23.2 Å². The molecule has 0 amide bonds. The minimum absolute atomic E-state index is 0.285. The van der Waals surface area contributed by atoms with E-state index in [0.717, 1.165) is 54.7 Å². The second-order valence-corrected chi connectivity index (χ2v) is 11.1. The van der Waals surface area contributed by atoms with Crippen LogP contribution in [0.2, 0.25) is 5.02 Å². The van der Waals surface area contributed by atoms with Crippen molar-refractivity contribution in [2.45, 2.75) is 25.9 Å². The van der Waals surface area contributed by atoms with Crippen molar-refractivity contribution in [1.82, 2.24) is 15.3 Å². The maximum atomic E-state index is 9.66. The fourth-order valence-electron chi connectivity index (χ4n) is 5.25. The van der Waals surface area contributed by atoms with Gasteiger partial charge in [-0.25, -0.2) is 9.97 Å². The molecule has 2 aliphatic rings. The Morgan fingerprint density at radius 3 is 2.50 bits per heavy atom. The van der Waals surface area contributed by atoms with Gasteiger partial charge >= 0.3 is 0 Å². The Labute approximate surface area is 233 Å². The summed E-state index contributed by atoms with van der Waals surface area (Å²) in [5, 5.41) is 13.5. The molecule has 0 spiro atoms. The predicted molar refractivity (Wildman–Crippen MR) is 149 cm³/mol. The average molecular weight is 553 g/mol. The van der Waals surface area contributed by atoms with E-state index in [1.807, 2.05) is 48.7 Å². The van der Waals surface area contributed by atoms with Crippen molar-refractivity contribution in [2.24, 2.45) is 11.8 Å². The molecule has 5 rings (SSSR count). The monoisotopic (exact) mass is 551 g/mol. The van der Waals surface area contributed by atoms with Crippen LogP contribution in [0.5, 0.6) is 11.5 Å². The number of aromatic nitrogens is 2. The van der Waals surface area contributed by atoms with Gasteiger partial charge in [-0.2, -0.15) is 5.26 Å². The molecule has 0 saturated carbocycles. The Hall–Kier alpha value is -3.05. The first-order valence-corrected chi connectivity index (χ1v) is 13.7. The van der Waals surface area contributed by atoms with Crippen molar-refractivity contribution in [3.63, 3.8) is 0 Å². The molecule has 3 heterocycles. The zero-order chi connectivity index (χ0) is 26.7. The molecule has 2 fully saturated rings. The number of nitriles is 1. The van der Waals surface area contributed by atoms with Gasteiger partial charge in [-0.3, -0.25) is 0 Å². The Bertz CT molecular complexity index is 1310. The molecule has 1 N–H and O–H groups in total. The van der Waals surface area contributed by atoms with Gasteiger partial charge in [0.05, 0.1) is 22.2 Å². The molecule has 0 unspecified atom stereocenters. The first-order valence-electron chi connectivity index (χ1n) is 12.8. The number of hydrogen-bond donors (Lipinski definition) is 1. The lowest BCUT2D eigenvalue weighted by atomic mass is 9.77. The number of anilines is 1. The van der Waals surface area contributed by atoms with E-state index in [4.69, 9.17) is 37.7 Å². The molecule has 9 heteroatoms. The highest BCUT2D eigenvalue weighted by Gasteiger charge is 2.37. The number of ether oxygens (including phenoxy) is 2. The SMILES string of the molecule is CC(C)(c1ccc(OCc2ccnc(N3C[C@H]4CNC[C@H]4C3)n2)cc1)c1cc(Cl)c(OCCCl)c(C#N)c1. The Morgan fingerprint density at radius 2 is 1.82 bits per heavy atom. The van der Waals surface area contributed by atoms with E-state index in [9.17, 15) is 5.26 Å². The summed E-state index contributed by atoms with van der Waals surface area (Å²) in [6.45, 7) is 9.01. The van der Waals surface area contributed by atoms with Crippen LogP contribution in [0.15, 0.2) is 48.7 Å². The minimum Gasteiger partial charge on any atom is -0.489 e. The molecule has 3 aromatic rings. The van der Waals surface area contributed by atoms with Crippen molar-refractivity contribution in [3.8, 4) is 17.6 Å². The van der Waals surface area contributed by atoms with Crippen LogP contribution >= 0.6 is 23.2 Å². The zero-order valence-corrected chi connectivity index (χ0v) is 23.1. The average Bonchev–Trinajstić information content (AvgIpc) is 3.54. The summed E-state index contributed by atoms with van der Waals surface area (Å²) < 4.78 is 11.7. The van der Waals surface area contributed by atoms with Gasteiger partial charge in [-0.1, -0.05) is 37.6 Å². The van der Waals surface area contributed by atoms with Gasteiger partial charge in [-0.05, 0) is 53.3 Å². The number of alkyl halides is 1. The molecule has 198 valence electrons. The van der Waals surface area contributed by atoms with E-state index >= 15 is 0 Å². The standard InChI is InChI=1S/C29H31Cl2N5O2/c1-29(2,23-11-19(13-32)27(26(31)12-23)37-10-8-30)22-3-5-25(6-4-22)38-18-24-7-9-34-28(35-24)36-16-20-14-33-15-21(20)17-36/h3-7,9,11-12,20-21,33H,8,10,14-18H2,1-2H3/t20-,21+. The van der Waals surface area contributed by atoms with Gasteiger partial charge in [0.15, 0.2) is 5.75 Å². The topological polar surface area (TPSA) is 83.3 Å². The first-order chi connectivity index (χ1) is 18.4. The smallest absolute Gasteiger partial charge is 0.225 e. The molecule has 2 saturated heterocycles. The quantitative estimate of drug-likeness (QED) is 0.367. The fraction of sp³-hybridized carbons (Fsp3) is 0.414. The van der Waals surface area contributed by atoms with E-state index in [-0.39, 0.29) is 6.61 Å². The van der Waals surface area contributed by atoms with Gasteiger partial charge in [0.1, 0.15) is 25.0 Å². The van der Waals surface area contributed by atoms with E-state index in [2.05, 4.69) is 35.1 Å². The minimum atomic E-state index is -0.399.